The molecule has 0 saturated heterocycles. The summed E-state index contributed by atoms with van der Waals surface area (Å²) in [6.07, 6.45) is 1.67. The Morgan fingerprint density at radius 1 is 1.25 bits per heavy atom. The van der Waals surface area contributed by atoms with Crippen LogP contribution in [-0.4, -0.2) is 23.3 Å². The molecule has 1 aliphatic carbocycles. The second kappa shape index (κ2) is 6.77. The van der Waals surface area contributed by atoms with Crippen LogP contribution in [0.3, 0.4) is 0 Å². The molecule has 0 radical (unpaired) electrons. The summed E-state index contributed by atoms with van der Waals surface area (Å²) in [5, 5.41) is 9.96. The number of hydrogen-bond donors (Lipinski definition) is 2. The number of anilines is 1. The fraction of sp³-hybridized carbons (Fsp3) is 0.316. The Labute approximate surface area is 141 Å². The SMILES string of the molecule is Cc1cccc(NC(=O)C(=C=N)C=C2C(=O)CC(C)(C)CC2=O)c1. The van der Waals surface area contributed by atoms with Crippen LogP contribution in [-0.2, 0) is 14.4 Å². The number of carbonyl (C=O) groups excluding carboxylic acids is 3. The van der Waals surface area contributed by atoms with Crippen LogP contribution in [0, 0.1) is 17.7 Å². The van der Waals surface area contributed by atoms with Crippen LogP contribution in [0.15, 0.2) is 41.5 Å². The lowest BCUT2D eigenvalue weighted by Crippen LogP contribution is -2.31. The van der Waals surface area contributed by atoms with Crippen LogP contribution in [0.1, 0.15) is 32.3 Å². The summed E-state index contributed by atoms with van der Waals surface area (Å²) < 4.78 is 0. The number of rotatable bonds is 3. The van der Waals surface area contributed by atoms with Crippen LogP contribution in [0.2, 0.25) is 0 Å². The van der Waals surface area contributed by atoms with Crippen LogP contribution >= 0.6 is 0 Å². The molecule has 0 heterocycles. The van der Waals surface area contributed by atoms with Crippen molar-refractivity contribution < 1.29 is 14.4 Å². The lowest BCUT2D eigenvalue weighted by Gasteiger charge is -2.28. The summed E-state index contributed by atoms with van der Waals surface area (Å²) in [5.74, 6) is 0.847. The van der Waals surface area contributed by atoms with Crippen LogP contribution in [0.25, 0.3) is 0 Å². The largest absolute Gasteiger partial charge is 0.321 e. The third kappa shape index (κ3) is 4.15. The molecule has 1 fully saturated rings. The van der Waals surface area contributed by atoms with Gasteiger partial charge in [0.1, 0.15) is 5.57 Å². The number of amides is 1. The Balaban J connectivity index is 2.23. The maximum atomic E-state index is 12.3. The molecule has 0 aromatic heterocycles. The van der Waals surface area contributed by atoms with Crippen molar-refractivity contribution in [2.75, 3.05) is 5.32 Å². The fourth-order valence-electron chi connectivity index (χ4n) is 2.66. The zero-order valence-electron chi connectivity index (χ0n) is 14.0. The van der Waals surface area contributed by atoms with Gasteiger partial charge in [-0.3, -0.25) is 19.8 Å². The Hall–Kier alpha value is -2.78. The first-order valence-electron chi connectivity index (χ1n) is 7.68. The van der Waals surface area contributed by atoms with Crippen LogP contribution in [0.4, 0.5) is 5.69 Å². The first-order valence-corrected chi connectivity index (χ1v) is 7.68. The first kappa shape index (κ1) is 17.6. The Morgan fingerprint density at radius 2 is 1.88 bits per heavy atom. The van der Waals surface area contributed by atoms with Gasteiger partial charge in [-0.1, -0.05) is 26.0 Å². The number of benzene rings is 1. The zero-order chi connectivity index (χ0) is 17.9. The molecular formula is C19H20N2O3. The number of nitrogens with one attached hydrogen (secondary N) is 2. The molecule has 1 amide bonds. The average molecular weight is 324 g/mol. The van der Waals surface area contributed by atoms with Crippen molar-refractivity contribution in [3.63, 3.8) is 0 Å². The van der Waals surface area contributed by atoms with Gasteiger partial charge >= 0.3 is 0 Å². The van der Waals surface area contributed by atoms with Crippen LogP contribution < -0.4 is 5.32 Å². The van der Waals surface area contributed by atoms with Crippen molar-refractivity contribution in [2.45, 2.75) is 33.6 Å². The van der Waals surface area contributed by atoms with E-state index in [1.165, 1.54) is 6.08 Å². The van der Waals surface area contributed by atoms with Gasteiger partial charge in [-0.2, -0.15) is 0 Å². The normalized spacial score (nSPS) is 16.4. The highest BCUT2D eigenvalue weighted by Gasteiger charge is 2.35. The molecule has 1 aliphatic rings. The number of carbonyl (C=O) groups is 3. The molecule has 2 N–H and O–H groups in total. The van der Waals surface area contributed by atoms with E-state index < -0.39 is 5.91 Å². The second-order valence-corrected chi connectivity index (χ2v) is 6.78. The Kier molecular flexibility index (Phi) is 4.96. The maximum Gasteiger partial charge on any atom is 0.265 e. The minimum atomic E-state index is -0.575. The van der Waals surface area contributed by atoms with Gasteiger partial charge in [-0.05, 0) is 42.0 Å². The summed E-state index contributed by atoms with van der Waals surface area (Å²) in [6, 6.07) is 7.20. The van der Waals surface area contributed by atoms with E-state index in [-0.39, 0.29) is 41.0 Å². The van der Waals surface area contributed by atoms with Crippen molar-refractivity contribution >= 4 is 29.0 Å². The quantitative estimate of drug-likeness (QED) is 0.509. The van der Waals surface area contributed by atoms with Crippen molar-refractivity contribution in [3.05, 3.63) is 47.1 Å². The molecule has 124 valence electrons. The van der Waals surface area contributed by atoms with Crippen molar-refractivity contribution in [1.29, 1.82) is 5.41 Å². The molecule has 0 bridgehead atoms. The highest BCUT2D eigenvalue weighted by atomic mass is 16.2. The monoisotopic (exact) mass is 324 g/mol. The number of aryl methyl sites for hydroxylation is 1. The van der Waals surface area contributed by atoms with Gasteiger partial charge < -0.3 is 5.32 Å². The molecule has 0 unspecified atom stereocenters. The smallest absolute Gasteiger partial charge is 0.265 e. The maximum absolute atomic E-state index is 12.3. The van der Waals surface area contributed by atoms with Gasteiger partial charge in [-0.15, -0.1) is 0 Å². The molecule has 24 heavy (non-hydrogen) atoms. The minimum Gasteiger partial charge on any atom is -0.321 e. The molecule has 1 aromatic carbocycles. The fourth-order valence-corrected chi connectivity index (χ4v) is 2.66. The number of ketones is 2. The molecule has 1 aromatic rings. The van der Waals surface area contributed by atoms with Gasteiger partial charge in [0.15, 0.2) is 11.6 Å². The van der Waals surface area contributed by atoms with Gasteiger partial charge in [0.25, 0.3) is 5.91 Å². The van der Waals surface area contributed by atoms with E-state index >= 15 is 0 Å². The summed E-state index contributed by atoms with van der Waals surface area (Å²) >= 11 is 0. The third-order valence-corrected chi connectivity index (χ3v) is 3.82. The Morgan fingerprint density at radius 3 is 2.42 bits per heavy atom. The van der Waals surface area contributed by atoms with E-state index in [1.807, 2.05) is 32.7 Å². The minimum absolute atomic E-state index is 0.0246. The third-order valence-electron chi connectivity index (χ3n) is 3.82. The van der Waals surface area contributed by atoms with Crippen molar-refractivity contribution in [2.24, 2.45) is 5.41 Å². The molecule has 0 aliphatic heterocycles. The van der Waals surface area contributed by atoms with E-state index in [0.717, 1.165) is 5.56 Å². The number of hydrogen-bond acceptors (Lipinski definition) is 4. The molecule has 0 atom stereocenters. The summed E-state index contributed by atoms with van der Waals surface area (Å²) in [6.45, 7) is 5.61. The topological polar surface area (TPSA) is 87.1 Å². The van der Waals surface area contributed by atoms with Crippen molar-refractivity contribution in [1.82, 2.24) is 0 Å². The molecule has 1 saturated carbocycles. The standard InChI is InChI=1S/C19H20N2O3/c1-12-5-4-6-14(7-12)21-18(24)13(11-20)8-15-16(22)9-19(2,3)10-17(15)23/h4-8,20H,9-10H2,1-3H3,(H,21,24). The molecular weight excluding hydrogens is 304 g/mol. The van der Waals surface area contributed by atoms with E-state index in [4.69, 9.17) is 5.41 Å². The highest BCUT2D eigenvalue weighted by molar-refractivity contribution is 6.24. The van der Waals surface area contributed by atoms with E-state index in [1.54, 1.807) is 18.2 Å². The molecule has 5 nitrogen and oxygen atoms in total. The van der Waals surface area contributed by atoms with Crippen molar-refractivity contribution in [3.8, 4) is 0 Å². The zero-order valence-corrected chi connectivity index (χ0v) is 14.0. The van der Waals surface area contributed by atoms with Gasteiger partial charge in [-0.25, -0.2) is 0 Å². The van der Waals surface area contributed by atoms with Gasteiger partial charge in [0.05, 0.1) is 5.57 Å². The predicted octanol–water partition coefficient (Wildman–Crippen LogP) is 2.99. The molecule has 0 spiro atoms. The lowest BCUT2D eigenvalue weighted by atomic mass is 9.74. The lowest BCUT2D eigenvalue weighted by molar-refractivity contribution is -0.127. The van der Waals surface area contributed by atoms with E-state index in [9.17, 15) is 14.4 Å². The molecule has 5 heteroatoms. The van der Waals surface area contributed by atoms with E-state index in [2.05, 4.69) is 5.32 Å². The van der Waals surface area contributed by atoms with Gasteiger partial charge in [0, 0.05) is 18.5 Å². The summed E-state index contributed by atoms with van der Waals surface area (Å²) in [4.78, 5) is 36.6. The number of allylic oxidation sites excluding steroid dienone is 1. The second-order valence-electron chi connectivity index (χ2n) is 6.78. The molecule has 2 rings (SSSR count). The average Bonchev–Trinajstić information content (AvgIpc) is 2.45. The van der Waals surface area contributed by atoms with Gasteiger partial charge in [0.2, 0.25) is 0 Å². The first-order chi connectivity index (χ1) is 11.2. The van der Waals surface area contributed by atoms with E-state index in [0.29, 0.717) is 5.69 Å². The number of Topliss-reactive ketones (excluding diaryl/α,β-unsaturated/α-hetero) is 2. The summed E-state index contributed by atoms with van der Waals surface area (Å²) in [7, 11) is 0. The highest BCUT2D eigenvalue weighted by Crippen LogP contribution is 2.33. The van der Waals surface area contributed by atoms with Crippen LogP contribution in [0.5, 0.6) is 0 Å². The predicted molar refractivity (Wildman–Crippen MR) is 92.2 cm³/mol. The summed E-state index contributed by atoms with van der Waals surface area (Å²) in [5.41, 5.74) is 1.01. The Bertz CT molecular complexity index is 775.